The highest BCUT2D eigenvalue weighted by Crippen LogP contribution is 1.95. The molecule has 0 spiro atoms. The fourth-order valence-electron chi connectivity index (χ4n) is 1.05. The second kappa shape index (κ2) is 4.25. The molecular weight excluding hydrogens is 263 g/mol. The summed E-state index contributed by atoms with van der Waals surface area (Å²) in [5, 5.41) is 0. The molecule has 0 amide bonds. The summed E-state index contributed by atoms with van der Waals surface area (Å²) in [7, 11) is 0. The average molecular weight is 272 g/mol. The molecule has 0 aliphatic heterocycles. The number of hydrogen-bond donors (Lipinski definition) is 1. The molecule has 0 saturated carbocycles. The van der Waals surface area contributed by atoms with Crippen LogP contribution in [-0.4, -0.2) is 4.98 Å². The van der Waals surface area contributed by atoms with Crippen LogP contribution in [0.3, 0.4) is 0 Å². The van der Waals surface area contributed by atoms with Gasteiger partial charge < -0.3 is 24.0 Å². The first-order chi connectivity index (χ1) is 5.47. The number of imidazole rings is 1. The minimum absolute atomic E-state index is 0. The molecule has 0 saturated heterocycles. The number of nitrogens with one attached hydrogen (secondary N) is 1. The number of nitrogens with zero attached hydrogens (tertiary/aromatic N) is 1. The third kappa shape index (κ3) is 1.85. The molecule has 0 fully saturated rings. The van der Waals surface area contributed by atoms with Crippen LogP contribution < -0.4 is 28.5 Å². The topological polar surface area (TPSA) is 19.7 Å². The molecule has 0 radical (unpaired) electrons. The average Bonchev–Trinajstić information content (AvgIpc) is 2.58. The standard InChI is InChI=1S/C9H8N2.HI/c1-2-4-9(5-3-1)11-7-6-10-8-11;/h1-8H;1H. The van der Waals surface area contributed by atoms with Crippen LogP contribution in [0.4, 0.5) is 0 Å². The van der Waals surface area contributed by atoms with Crippen LogP contribution in [0, 0.1) is 0 Å². The summed E-state index contributed by atoms with van der Waals surface area (Å²) in [6.45, 7) is 0. The van der Waals surface area contributed by atoms with Crippen molar-refractivity contribution in [3.63, 3.8) is 0 Å². The van der Waals surface area contributed by atoms with Crippen molar-refractivity contribution in [1.29, 1.82) is 0 Å². The monoisotopic (exact) mass is 272 g/mol. The van der Waals surface area contributed by atoms with Crippen molar-refractivity contribution in [2.24, 2.45) is 0 Å². The van der Waals surface area contributed by atoms with Gasteiger partial charge in [0.05, 0.1) is 0 Å². The van der Waals surface area contributed by atoms with Gasteiger partial charge in [-0.3, -0.25) is 0 Å². The van der Waals surface area contributed by atoms with Gasteiger partial charge in [-0.1, -0.05) is 18.2 Å². The fourth-order valence-corrected chi connectivity index (χ4v) is 1.05. The van der Waals surface area contributed by atoms with E-state index in [2.05, 4.69) is 17.1 Å². The maximum absolute atomic E-state index is 2.99. The lowest BCUT2D eigenvalue weighted by atomic mass is 10.3. The molecule has 0 aliphatic rings. The van der Waals surface area contributed by atoms with Crippen molar-refractivity contribution >= 4 is 0 Å². The Morgan fingerprint density at radius 1 is 1.08 bits per heavy atom. The minimum Gasteiger partial charge on any atom is -1.00 e. The van der Waals surface area contributed by atoms with Gasteiger partial charge in [-0.05, 0) is 12.1 Å². The predicted octanol–water partition coefficient (Wildman–Crippen LogP) is -1.70. The quantitative estimate of drug-likeness (QED) is 0.471. The molecule has 2 rings (SSSR count). The van der Waals surface area contributed by atoms with Crippen LogP contribution in [0.2, 0.25) is 0 Å². The van der Waals surface area contributed by atoms with Gasteiger partial charge in [0, 0.05) is 0 Å². The SMILES string of the molecule is [I-].c1ccc(-[n+]2cc[nH]c2)cc1. The first-order valence-corrected chi connectivity index (χ1v) is 3.56. The van der Waals surface area contributed by atoms with Crippen LogP contribution >= 0.6 is 0 Å². The molecule has 3 heteroatoms. The van der Waals surface area contributed by atoms with Crippen LogP contribution in [0.1, 0.15) is 0 Å². The zero-order valence-electron chi connectivity index (χ0n) is 6.44. The van der Waals surface area contributed by atoms with Crippen LogP contribution in [0.15, 0.2) is 49.1 Å². The van der Waals surface area contributed by atoms with Gasteiger partial charge in [0.1, 0.15) is 18.1 Å². The molecule has 1 aromatic carbocycles. The van der Waals surface area contributed by atoms with E-state index < -0.39 is 0 Å². The molecule has 0 aliphatic carbocycles. The van der Waals surface area contributed by atoms with Crippen molar-refractivity contribution in [1.82, 2.24) is 4.98 Å². The normalized spacial score (nSPS) is 9.00. The molecular formula is C9H9IN2. The van der Waals surface area contributed by atoms with E-state index in [1.54, 1.807) is 0 Å². The Balaban J connectivity index is 0.000000720. The van der Waals surface area contributed by atoms with Gasteiger partial charge in [0.25, 0.3) is 0 Å². The Labute approximate surface area is 88.3 Å². The second-order valence-corrected chi connectivity index (χ2v) is 2.35. The summed E-state index contributed by atoms with van der Waals surface area (Å²) >= 11 is 0. The van der Waals surface area contributed by atoms with Gasteiger partial charge in [-0.25, -0.2) is 9.55 Å². The lowest BCUT2D eigenvalue weighted by Crippen LogP contribution is -3.00. The number of aromatic nitrogens is 2. The number of benzene rings is 1. The maximum Gasteiger partial charge on any atom is 0.246 e. The number of rotatable bonds is 1. The predicted molar refractivity (Wildman–Crippen MR) is 42.3 cm³/mol. The molecule has 1 aromatic heterocycles. The highest BCUT2D eigenvalue weighted by atomic mass is 127. The molecule has 12 heavy (non-hydrogen) atoms. The summed E-state index contributed by atoms with van der Waals surface area (Å²) in [6, 6.07) is 10.2. The van der Waals surface area contributed by atoms with Crippen molar-refractivity contribution in [3.05, 3.63) is 49.1 Å². The lowest BCUT2D eigenvalue weighted by Gasteiger charge is -1.91. The van der Waals surface area contributed by atoms with E-state index in [1.807, 2.05) is 41.5 Å². The van der Waals surface area contributed by atoms with Gasteiger partial charge in [0.2, 0.25) is 6.33 Å². The second-order valence-electron chi connectivity index (χ2n) is 2.35. The number of para-hydroxylation sites is 1. The first kappa shape index (κ1) is 9.25. The molecule has 0 atom stereocenters. The van der Waals surface area contributed by atoms with E-state index >= 15 is 0 Å². The van der Waals surface area contributed by atoms with E-state index in [0.29, 0.717) is 0 Å². The van der Waals surface area contributed by atoms with E-state index in [1.165, 1.54) is 5.69 Å². The summed E-state index contributed by atoms with van der Waals surface area (Å²) in [5.74, 6) is 0. The van der Waals surface area contributed by atoms with Crippen molar-refractivity contribution < 1.29 is 28.5 Å². The Kier molecular flexibility index (Phi) is 3.28. The third-order valence-corrected chi connectivity index (χ3v) is 1.60. The van der Waals surface area contributed by atoms with E-state index in [0.717, 1.165) is 0 Å². The summed E-state index contributed by atoms with van der Waals surface area (Å²) in [4.78, 5) is 2.99. The van der Waals surface area contributed by atoms with Gasteiger partial charge in [-0.2, -0.15) is 0 Å². The minimum atomic E-state index is 0. The Hall–Kier alpha value is -0.840. The summed E-state index contributed by atoms with van der Waals surface area (Å²) in [6.07, 6.45) is 5.79. The van der Waals surface area contributed by atoms with Gasteiger partial charge in [0.15, 0.2) is 0 Å². The van der Waals surface area contributed by atoms with Gasteiger partial charge in [-0.15, -0.1) is 0 Å². The number of H-pyrrole nitrogens is 1. The Morgan fingerprint density at radius 2 is 1.83 bits per heavy atom. The molecule has 0 unspecified atom stereocenters. The van der Waals surface area contributed by atoms with Crippen LogP contribution in [0.25, 0.3) is 5.69 Å². The van der Waals surface area contributed by atoms with Gasteiger partial charge >= 0.3 is 0 Å². The number of hydrogen-bond acceptors (Lipinski definition) is 0. The zero-order chi connectivity index (χ0) is 7.52. The van der Waals surface area contributed by atoms with Crippen molar-refractivity contribution in [2.75, 3.05) is 0 Å². The lowest BCUT2D eigenvalue weighted by molar-refractivity contribution is -0.594. The number of halogens is 1. The molecule has 62 valence electrons. The highest BCUT2D eigenvalue weighted by molar-refractivity contribution is 5.20. The molecule has 2 nitrogen and oxygen atoms in total. The smallest absolute Gasteiger partial charge is 0.246 e. The molecule has 2 aromatic rings. The fraction of sp³-hybridized carbons (Fsp3) is 0. The van der Waals surface area contributed by atoms with E-state index in [4.69, 9.17) is 0 Å². The summed E-state index contributed by atoms with van der Waals surface area (Å²) in [5.41, 5.74) is 1.17. The number of aromatic amines is 1. The zero-order valence-corrected chi connectivity index (χ0v) is 8.60. The largest absolute Gasteiger partial charge is 1.00 e. The highest BCUT2D eigenvalue weighted by Gasteiger charge is 1.97. The summed E-state index contributed by atoms with van der Waals surface area (Å²) < 4.78 is 2.03. The first-order valence-electron chi connectivity index (χ1n) is 3.56. The van der Waals surface area contributed by atoms with E-state index in [9.17, 15) is 0 Å². The molecule has 1 heterocycles. The maximum atomic E-state index is 2.99. The Bertz CT molecular complexity index is 316. The molecule has 0 bridgehead atoms. The van der Waals surface area contributed by atoms with Crippen LogP contribution in [0.5, 0.6) is 0 Å². The van der Waals surface area contributed by atoms with Crippen molar-refractivity contribution in [2.45, 2.75) is 0 Å². The van der Waals surface area contributed by atoms with E-state index in [-0.39, 0.29) is 24.0 Å². The van der Waals surface area contributed by atoms with Crippen LogP contribution in [-0.2, 0) is 0 Å². The third-order valence-electron chi connectivity index (χ3n) is 1.60. The molecule has 1 N–H and O–H groups in total. The van der Waals surface area contributed by atoms with Crippen molar-refractivity contribution in [3.8, 4) is 5.69 Å². The Morgan fingerprint density at radius 3 is 2.42 bits per heavy atom.